The molecule has 0 bridgehead atoms. The van der Waals surface area contributed by atoms with E-state index in [-0.39, 0.29) is 23.0 Å². The fourth-order valence-electron chi connectivity index (χ4n) is 1.87. The molecule has 0 aliphatic carbocycles. The van der Waals surface area contributed by atoms with E-state index in [9.17, 15) is 20.4 Å². The largest absolute Gasteiger partial charge is 0.504 e. The Morgan fingerprint density at radius 1 is 0.700 bits per heavy atom. The highest BCUT2D eigenvalue weighted by molar-refractivity contribution is 5.41. The van der Waals surface area contributed by atoms with Gasteiger partial charge in [-0.3, -0.25) is 0 Å². The number of benzene rings is 2. The first kappa shape index (κ1) is 14.0. The van der Waals surface area contributed by atoms with Gasteiger partial charge in [-0.15, -0.1) is 0 Å². The topological polar surface area (TPSA) is 93.0 Å². The van der Waals surface area contributed by atoms with Gasteiger partial charge in [-0.05, 0) is 48.4 Å². The third-order valence-electron chi connectivity index (χ3n) is 3.00. The van der Waals surface area contributed by atoms with Gasteiger partial charge in [0.2, 0.25) is 0 Å². The Hall–Kier alpha value is -2.40. The summed E-state index contributed by atoms with van der Waals surface area (Å²) in [4.78, 5) is 0. The van der Waals surface area contributed by atoms with E-state index in [2.05, 4.69) is 5.32 Å². The van der Waals surface area contributed by atoms with Crippen LogP contribution in [0.25, 0.3) is 0 Å². The quantitative estimate of drug-likeness (QED) is 0.424. The zero-order valence-corrected chi connectivity index (χ0v) is 10.9. The fourth-order valence-corrected chi connectivity index (χ4v) is 1.87. The molecule has 0 aliphatic heterocycles. The number of nitrogens with one attached hydrogen (secondary N) is 1. The van der Waals surface area contributed by atoms with Gasteiger partial charge in [0.15, 0.2) is 23.0 Å². The third kappa shape index (κ3) is 3.55. The van der Waals surface area contributed by atoms with Crippen LogP contribution in [-0.4, -0.2) is 27.0 Å². The number of hydrogen-bond donors (Lipinski definition) is 5. The summed E-state index contributed by atoms with van der Waals surface area (Å²) in [6, 6.07) is 9.43. The Bertz CT molecular complexity index is 545. The van der Waals surface area contributed by atoms with Crippen molar-refractivity contribution in [2.75, 3.05) is 6.54 Å². The molecule has 0 saturated carbocycles. The van der Waals surface area contributed by atoms with E-state index < -0.39 is 0 Å². The van der Waals surface area contributed by atoms with Crippen molar-refractivity contribution in [1.29, 1.82) is 0 Å². The van der Waals surface area contributed by atoms with Gasteiger partial charge in [-0.2, -0.15) is 0 Å². The summed E-state index contributed by atoms with van der Waals surface area (Å²) in [5.41, 5.74) is 1.79. The van der Waals surface area contributed by atoms with Crippen molar-refractivity contribution in [3.8, 4) is 23.0 Å². The van der Waals surface area contributed by atoms with E-state index in [0.717, 1.165) is 11.1 Å². The van der Waals surface area contributed by atoms with Crippen molar-refractivity contribution >= 4 is 0 Å². The van der Waals surface area contributed by atoms with E-state index in [1.165, 1.54) is 24.3 Å². The van der Waals surface area contributed by atoms with Gasteiger partial charge < -0.3 is 25.7 Å². The molecule has 5 nitrogen and oxygen atoms in total. The number of hydrogen-bond acceptors (Lipinski definition) is 5. The van der Waals surface area contributed by atoms with Crippen molar-refractivity contribution in [2.45, 2.75) is 13.0 Å². The maximum atomic E-state index is 9.37. The Balaban J connectivity index is 1.81. The SMILES string of the molecule is Oc1ccc(CCNCc2ccc(O)c(O)c2)cc1O. The maximum absolute atomic E-state index is 9.37. The molecule has 0 unspecified atom stereocenters. The first-order valence-electron chi connectivity index (χ1n) is 6.28. The lowest BCUT2D eigenvalue weighted by molar-refractivity contribution is 0.402. The second-order valence-corrected chi connectivity index (χ2v) is 4.57. The molecule has 2 aromatic rings. The standard InChI is InChI=1S/C15H17NO4/c17-12-3-1-10(7-14(12)19)5-6-16-9-11-2-4-13(18)15(20)8-11/h1-4,7-8,16-20H,5-6,9H2. The third-order valence-corrected chi connectivity index (χ3v) is 3.00. The summed E-state index contributed by atoms with van der Waals surface area (Å²) in [5, 5.41) is 40.3. The second-order valence-electron chi connectivity index (χ2n) is 4.57. The molecule has 0 radical (unpaired) electrons. The minimum Gasteiger partial charge on any atom is -0.504 e. The van der Waals surface area contributed by atoms with Crippen LogP contribution in [0.5, 0.6) is 23.0 Å². The van der Waals surface area contributed by atoms with E-state index >= 15 is 0 Å². The predicted octanol–water partition coefficient (Wildman–Crippen LogP) is 1.84. The summed E-state index contributed by atoms with van der Waals surface area (Å²) in [7, 11) is 0. The Morgan fingerprint density at radius 2 is 1.25 bits per heavy atom. The minimum atomic E-state index is -0.132. The van der Waals surface area contributed by atoms with Gasteiger partial charge >= 0.3 is 0 Å². The molecule has 2 aromatic carbocycles. The molecule has 0 saturated heterocycles. The monoisotopic (exact) mass is 275 g/mol. The molecule has 0 aromatic heterocycles. The number of phenols is 4. The molecule has 0 heterocycles. The molecule has 0 spiro atoms. The number of aromatic hydroxyl groups is 4. The van der Waals surface area contributed by atoms with Crippen molar-refractivity contribution in [3.63, 3.8) is 0 Å². The van der Waals surface area contributed by atoms with E-state index in [4.69, 9.17) is 0 Å². The molecule has 0 amide bonds. The van der Waals surface area contributed by atoms with Crippen LogP contribution in [-0.2, 0) is 13.0 Å². The van der Waals surface area contributed by atoms with Crippen LogP contribution >= 0.6 is 0 Å². The van der Waals surface area contributed by atoms with Gasteiger partial charge in [0.05, 0.1) is 0 Å². The molecule has 0 fully saturated rings. The number of rotatable bonds is 5. The highest BCUT2D eigenvalue weighted by Crippen LogP contribution is 2.25. The average Bonchev–Trinajstić information content (AvgIpc) is 2.42. The van der Waals surface area contributed by atoms with Crippen LogP contribution in [0.15, 0.2) is 36.4 Å². The molecule has 5 heteroatoms. The predicted molar refractivity (Wildman–Crippen MR) is 75.0 cm³/mol. The Labute approximate surface area is 116 Å². The highest BCUT2D eigenvalue weighted by atomic mass is 16.3. The van der Waals surface area contributed by atoms with Gasteiger partial charge in [0.1, 0.15) is 0 Å². The smallest absolute Gasteiger partial charge is 0.157 e. The molecular formula is C15H17NO4. The zero-order valence-electron chi connectivity index (χ0n) is 10.9. The van der Waals surface area contributed by atoms with Crippen LogP contribution in [0.3, 0.4) is 0 Å². The van der Waals surface area contributed by atoms with Gasteiger partial charge in [-0.25, -0.2) is 0 Å². The van der Waals surface area contributed by atoms with Crippen LogP contribution in [0.2, 0.25) is 0 Å². The van der Waals surface area contributed by atoms with Crippen molar-refractivity contribution in [1.82, 2.24) is 5.32 Å². The average molecular weight is 275 g/mol. The van der Waals surface area contributed by atoms with Crippen LogP contribution < -0.4 is 5.32 Å². The Morgan fingerprint density at radius 3 is 1.85 bits per heavy atom. The van der Waals surface area contributed by atoms with E-state index in [1.54, 1.807) is 12.1 Å². The lowest BCUT2D eigenvalue weighted by Crippen LogP contribution is -2.16. The summed E-state index contributed by atoms with van der Waals surface area (Å²) < 4.78 is 0. The fraction of sp³-hybridized carbons (Fsp3) is 0.200. The minimum absolute atomic E-state index is 0.119. The molecule has 0 aliphatic rings. The van der Waals surface area contributed by atoms with Crippen molar-refractivity contribution in [2.24, 2.45) is 0 Å². The van der Waals surface area contributed by atoms with E-state index in [0.29, 0.717) is 19.5 Å². The van der Waals surface area contributed by atoms with Gasteiger partial charge in [0.25, 0.3) is 0 Å². The van der Waals surface area contributed by atoms with Crippen LogP contribution in [0, 0.1) is 0 Å². The zero-order chi connectivity index (χ0) is 14.5. The maximum Gasteiger partial charge on any atom is 0.157 e. The lowest BCUT2D eigenvalue weighted by atomic mass is 10.1. The normalized spacial score (nSPS) is 10.6. The number of phenolic OH excluding ortho intramolecular Hbond substituents is 4. The van der Waals surface area contributed by atoms with Gasteiger partial charge in [-0.1, -0.05) is 12.1 Å². The van der Waals surface area contributed by atoms with Crippen LogP contribution in [0.4, 0.5) is 0 Å². The van der Waals surface area contributed by atoms with Crippen molar-refractivity contribution < 1.29 is 20.4 Å². The molecule has 5 N–H and O–H groups in total. The first-order valence-corrected chi connectivity index (χ1v) is 6.28. The lowest BCUT2D eigenvalue weighted by Gasteiger charge is -2.07. The summed E-state index contributed by atoms with van der Waals surface area (Å²) >= 11 is 0. The molecule has 2 rings (SSSR count). The first-order chi connectivity index (χ1) is 9.56. The van der Waals surface area contributed by atoms with E-state index in [1.807, 2.05) is 0 Å². The molecule has 20 heavy (non-hydrogen) atoms. The molecular weight excluding hydrogens is 258 g/mol. The Kier molecular flexibility index (Phi) is 4.32. The van der Waals surface area contributed by atoms with Gasteiger partial charge in [0, 0.05) is 6.54 Å². The molecule has 106 valence electrons. The summed E-state index contributed by atoms with van der Waals surface area (Å²) in [6.07, 6.45) is 0.706. The summed E-state index contributed by atoms with van der Waals surface area (Å²) in [6.45, 7) is 1.25. The molecule has 0 atom stereocenters. The van der Waals surface area contributed by atoms with Crippen molar-refractivity contribution in [3.05, 3.63) is 47.5 Å². The second kappa shape index (κ2) is 6.16. The van der Waals surface area contributed by atoms with Crippen LogP contribution in [0.1, 0.15) is 11.1 Å². The highest BCUT2D eigenvalue weighted by Gasteiger charge is 2.02. The summed E-state index contributed by atoms with van der Waals surface area (Å²) in [5.74, 6) is -0.506.